The van der Waals surface area contributed by atoms with E-state index in [2.05, 4.69) is 37.0 Å². The maximum Gasteiger partial charge on any atom is 0.323 e. The Kier molecular flexibility index (Phi) is 19.0. The molecule has 0 fully saturated rings. The van der Waals surface area contributed by atoms with Gasteiger partial charge in [0.2, 0.25) is 7.44 Å². The number of nitrogens with one attached hydrogen (secondary N) is 2. The summed E-state index contributed by atoms with van der Waals surface area (Å²) in [5, 5.41) is 16.4. The van der Waals surface area contributed by atoms with E-state index in [1.165, 1.54) is 0 Å². The fraction of sp³-hybridized carbons (Fsp3) is 0.632. The van der Waals surface area contributed by atoms with E-state index in [0.717, 1.165) is 47.1 Å². The van der Waals surface area contributed by atoms with E-state index >= 15 is 0 Å². The zero-order valence-electron chi connectivity index (χ0n) is 30.9. The van der Waals surface area contributed by atoms with Gasteiger partial charge in [-0.1, -0.05) is 72.4 Å². The Hall–Kier alpha value is -2.91. The lowest BCUT2D eigenvalue weighted by molar-refractivity contribution is -0.146. The summed E-state index contributed by atoms with van der Waals surface area (Å²) in [5.41, 5.74) is 10.9. The molecule has 276 valence electrons. The number of carbonyl (C=O) groups is 2. The van der Waals surface area contributed by atoms with Crippen LogP contribution in [0.25, 0.3) is 0 Å². The average molecular weight is 704 g/mol. The van der Waals surface area contributed by atoms with Gasteiger partial charge in [0.05, 0.1) is 13.2 Å². The van der Waals surface area contributed by atoms with Crippen LogP contribution in [0.4, 0.5) is 0 Å². The van der Waals surface area contributed by atoms with Gasteiger partial charge in [-0.2, -0.15) is 0 Å². The molecular weight excluding hydrogens is 641 g/mol. The first-order valence-corrected chi connectivity index (χ1v) is 20.0. The van der Waals surface area contributed by atoms with Gasteiger partial charge < -0.3 is 25.1 Å². The predicted molar refractivity (Wildman–Crippen MR) is 197 cm³/mol. The van der Waals surface area contributed by atoms with Crippen molar-refractivity contribution >= 4 is 19.4 Å². The Bertz CT molecular complexity index is 1300. The fourth-order valence-electron chi connectivity index (χ4n) is 5.65. The molecule has 0 aliphatic rings. The monoisotopic (exact) mass is 703 g/mol. The van der Waals surface area contributed by atoms with E-state index in [-0.39, 0.29) is 25.5 Å². The van der Waals surface area contributed by atoms with Crippen molar-refractivity contribution in [1.29, 1.82) is 0 Å². The van der Waals surface area contributed by atoms with Gasteiger partial charge in [-0.3, -0.25) is 14.2 Å². The average Bonchev–Trinajstić information content (AvgIpc) is 3.06. The maximum atomic E-state index is 14.8. The van der Waals surface area contributed by atoms with Gasteiger partial charge in [0.1, 0.15) is 23.6 Å². The molecule has 11 heteroatoms. The van der Waals surface area contributed by atoms with E-state index in [1.807, 2.05) is 45.9 Å². The lowest BCUT2D eigenvalue weighted by atomic mass is 9.93. The summed E-state index contributed by atoms with van der Waals surface area (Å²) in [5.74, 6) is 0.0564. The third-order valence-electron chi connectivity index (χ3n) is 8.42. The number of esters is 2. The number of nitrogens with two attached hydrogens (primary N) is 1. The molecule has 3 atom stereocenters. The third kappa shape index (κ3) is 14.5. The Balaban J connectivity index is 2.41. The summed E-state index contributed by atoms with van der Waals surface area (Å²) in [4.78, 5) is 26.3. The van der Waals surface area contributed by atoms with Crippen LogP contribution in [0.15, 0.2) is 30.3 Å². The highest BCUT2D eigenvalue weighted by molar-refractivity contribution is 7.59. The first kappa shape index (κ1) is 42.3. The lowest BCUT2D eigenvalue weighted by Gasteiger charge is -2.29. The number of aryl methyl sites for hydroxylation is 2. The van der Waals surface area contributed by atoms with Crippen LogP contribution in [-0.4, -0.2) is 55.2 Å². The van der Waals surface area contributed by atoms with Gasteiger partial charge in [0, 0.05) is 0 Å². The van der Waals surface area contributed by atoms with Crippen LogP contribution in [0.1, 0.15) is 126 Å². The van der Waals surface area contributed by atoms with Gasteiger partial charge in [-0.25, -0.2) is 10.2 Å². The van der Waals surface area contributed by atoms with Crippen molar-refractivity contribution in [1.82, 2.24) is 10.2 Å². The number of carbonyl (C=O) groups excluding carboxylic acids is 2. The number of phenols is 1. The number of benzene rings is 2. The zero-order chi connectivity index (χ0) is 36.4. The number of ether oxygens (including phenoxy) is 3. The smallest absolute Gasteiger partial charge is 0.323 e. The molecule has 0 radical (unpaired) electrons. The first-order chi connectivity index (χ1) is 23.4. The Morgan fingerprint density at radius 1 is 0.837 bits per heavy atom. The molecule has 2 aromatic rings. The molecule has 0 saturated heterocycles. The van der Waals surface area contributed by atoms with Crippen molar-refractivity contribution in [2.24, 2.45) is 5.73 Å². The summed E-state index contributed by atoms with van der Waals surface area (Å²) in [6.07, 6.45) is 6.45. The SMILES string of the molecule is CCCCCC(NP(=O)(COc1cc(C)c(Cc2ccc(O)c(C(C)C)c2)c(C)c1)NC(CCCCN)C(=O)OCCC)C(=O)OCCC. The zero-order valence-corrected chi connectivity index (χ0v) is 31.8. The Morgan fingerprint density at radius 2 is 1.39 bits per heavy atom. The number of unbranched alkanes of at least 4 members (excludes halogenated alkanes) is 3. The molecular formula is C38H62N3O7P. The predicted octanol–water partition coefficient (Wildman–Crippen LogP) is 7.78. The van der Waals surface area contributed by atoms with Crippen molar-refractivity contribution < 1.29 is 33.5 Å². The summed E-state index contributed by atoms with van der Waals surface area (Å²) in [6.45, 7) is 15.0. The molecule has 2 rings (SSSR count). The van der Waals surface area contributed by atoms with Gasteiger partial charge in [0.25, 0.3) is 0 Å². The van der Waals surface area contributed by atoms with Crippen molar-refractivity contribution in [2.45, 2.75) is 131 Å². The molecule has 3 unspecified atom stereocenters. The van der Waals surface area contributed by atoms with Gasteiger partial charge >= 0.3 is 11.9 Å². The highest BCUT2D eigenvalue weighted by Gasteiger charge is 2.36. The van der Waals surface area contributed by atoms with Crippen LogP contribution in [0, 0.1) is 13.8 Å². The van der Waals surface area contributed by atoms with Crippen LogP contribution >= 0.6 is 7.44 Å². The van der Waals surface area contributed by atoms with E-state index in [0.29, 0.717) is 63.0 Å². The second kappa shape index (κ2) is 22.0. The summed E-state index contributed by atoms with van der Waals surface area (Å²) in [7, 11) is -3.76. The summed E-state index contributed by atoms with van der Waals surface area (Å²) < 4.78 is 32.0. The molecule has 0 aliphatic carbocycles. The summed E-state index contributed by atoms with van der Waals surface area (Å²) in [6, 6.07) is 7.85. The van der Waals surface area contributed by atoms with E-state index in [9.17, 15) is 19.3 Å². The minimum Gasteiger partial charge on any atom is -0.508 e. The van der Waals surface area contributed by atoms with Crippen LogP contribution in [0.5, 0.6) is 11.5 Å². The van der Waals surface area contributed by atoms with Crippen molar-refractivity contribution in [3.8, 4) is 11.5 Å². The van der Waals surface area contributed by atoms with Gasteiger partial charge in [-0.05, 0) is 111 Å². The molecule has 0 aliphatic heterocycles. The highest BCUT2D eigenvalue weighted by Crippen LogP contribution is 2.40. The van der Waals surface area contributed by atoms with Crippen LogP contribution < -0.4 is 20.6 Å². The molecule has 0 bridgehead atoms. The minimum atomic E-state index is -3.76. The summed E-state index contributed by atoms with van der Waals surface area (Å²) >= 11 is 0. The molecule has 2 aromatic carbocycles. The second-order valence-corrected chi connectivity index (χ2v) is 15.5. The molecule has 0 saturated carbocycles. The largest absolute Gasteiger partial charge is 0.508 e. The van der Waals surface area contributed by atoms with Gasteiger partial charge in [0.15, 0.2) is 6.35 Å². The third-order valence-corrected chi connectivity index (χ3v) is 10.4. The van der Waals surface area contributed by atoms with Crippen LogP contribution in [0.3, 0.4) is 0 Å². The van der Waals surface area contributed by atoms with Gasteiger partial charge in [-0.15, -0.1) is 0 Å². The molecule has 0 amide bonds. The highest BCUT2D eigenvalue weighted by atomic mass is 31.2. The molecule has 10 nitrogen and oxygen atoms in total. The van der Waals surface area contributed by atoms with Crippen molar-refractivity contribution in [2.75, 3.05) is 26.1 Å². The lowest BCUT2D eigenvalue weighted by Crippen LogP contribution is -2.45. The molecule has 0 heterocycles. The van der Waals surface area contributed by atoms with E-state index in [1.54, 1.807) is 6.07 Å². The molecule has 5 N–H and O–H groups in total. The van der Waals surface area contributed by atoms with Crippen LogP contribution in [0.2, 0.25) is 0 Å². The minimum absolute atomic E-state index is 0.198. The quantitative estimate of drug-likeness (QED) is 0.0485. The number of phenolic OH excluding ortho intramolecular Hbond substituents is 1. The number of aromatic hydroxyl groups is 1. The Labute approximate surface area is 294 Å². The van der Waals surface area contributed by atoms with E-state index < -0.39 is 31.5 Å². The van der Waals surface area contributed by atoms with Crippen LogP contribution in [-0.2, 0) is 30.0 Å². The standard InChI is InChI=1S/C38H62N3O7P/c1-8-11-12-15-34(37(43)46-20-9-2)40-49(45,41-35(16-13-14-19-39)38(44)47-21-10-3)26-48-31-22-28(6)33(29(7)23-31)25-30-17-18-36(42)32(24-30)27(4)5/h17-18,22-24,27,34-35,42H,8-16,19-21,25-26,39H2,1-7H3,(H2,40,41,45). The topological polar surface area (TPSA) is 149 Å². The van der Waals surface area contributed by atoms with E-state index in [4.69, 9.17) is 19.9 Å². The number of rotatable bonds is 24. The number of hydrogen-bond donors (Lipinski definition) is 4. The molecule has 0 spiro atoms. The molecule has 0 aromatic heterocycles. The number of hydrogen-bond acceptors (Lipinski definition) is 8. The van der Waals surface area contributed by atoms with Crippen molar-refractivity contribution in [3.63, 3.8) is 0 Å². The maximum absolute atomic E-state index is 14.8. The molecule has 49 heavy (non-hydrogen) atoms. The fourth-order valence-corrected chi connectivity index (χ4v) is 7.68. The second-order valence-electron chi connectivity index (χ2n) is 13.3. The first-order valence-electron chi connectivity index (χ1n) is 18.1. The Morgan fingerprint density at radius 3 is 1.88 bits per heavy atom. The normalized spacial score (nSPS) is 13.9. The van der Waals surface area contributed by atoms with Crippen molar-refractivity contribution in [3.05, 3.63) is 58.1 Å².